The van der Waals surface area contributed by atoms with Gasteiger partial charge < -0.3 is 14.6 Å². The first kappa shape index (κ1) is 16.5. The van der Waals surface area contributed by atoms with Gasteiger partial charge in [-0.15, -0.1) is 0 Å². The van der Waals surface area contributed by atoms with Crippen LogP contribution in [0.3, 0.4) is 0 Å². The van der Waals surface area contributed by atoms with Gasteiger partial charge in [-0.05, 0) is 25.1 Å². The molecule has 0 aliphatic heterocycles. The van der Waals surface area contributed by atoms with Gasteiger partial charge in [0.2, 0.25) is 0 Å². The van der Waals surface area contributed by atoms with E-state index < -0.39 is 10.0 Å². The predicted molar refractivity (Wildman–Crippen MR) is 83.0 cm³/mol. The minimum Gasteiger partial charge on any atom is -0.494 e. The van der Waals surface area contributed by atoms with Gasteiger partial charge in [0, 0.05) is 11.3 Å². The Morgan fingerprint density at radius 3 is 2.77 bits per heavy atom. The maximum atomic E-state index is 12.3. The Hall–Kier alpha value is -1.84. The first-order valence-electron chi connectivity index (χ1n) is 6.39. The molecule has 0 unspecified atom stereocenters. The van der Waals surface area contributed by atoms with Crippen molar-refractivity contribution in [3.63, 3.8) is 0 Å². The van der Waals surface area contributed by atoms with Crippen LogP contribution in [-0.4, -0.2) is 32.2 Å². The molecule has 0 fully saturated rings. The molecule has 2 N–H and O–H groups in total. The summed E-state index contributed by atoms with van der Waals surface area (Å²) in [6, 6.07) is 4.71. The van der Waals surface area contributed by atoms with Crippen molar-refractivity contribution in [2.45, 2.75) is 17.7 Å². The minimum atomic E-state index is -3.75. The lowest BCUT2D eigenvalue weighted by atomic mass is 10.2. The van der Waals surface area contributed by atoms with Crippen molar-refractivity contribution < 1.29 is 23.0 Å². The molecule has 2 rings (SSSR count). The van der Waals surface area contributed by atoms with Gasteiger partial charge in [-0.25, -0.2) is 13.4 Å². The molecule has 120 valence electrons. The molecule has 22 heavy (non-hydrogen) atoms. The molecule has 1 aromatic carbocycles. The van der Waals surface area contributed by atoms with Crippen LogP contribution in [0, 0.1) is 0 Å². The summed E-state index contributed by atoms with van der Waals surface area (Å²) in [5, 5.41) is 9.61. The van der Waals surface area contributed by atoms with E-state index in [9.17, 15) is 13.5 Å². The zero-order valence-corrected chi connectivity index (χ0v) is 13.7. The maximum absolute atomic E-state index is 12.3. The zero-order valence-electron chi connectivity index (χ0n) is 12.1. The second-order valence-electron chi connectivity index (χ2n) is 4.17. The quantitative estimate of drug-likeness (QED) is 0.795. The monoisotopic (exact) mass is 344 g/mol. The number of nitrogens with one attached hydrogen (secondary N) is 1. The predicted octanol–water partition coefficient (Wildman–Crippen LogP) is 1.84. The van der Waals surface area contributed by atoms with Crippen molar-refractivity contribution in [1.82, 2.24) is 4.98 Å². The molecule has 0 saturated heterocycles. The molecule has 0 radical (unpaired) electrons. The number of aliphatic hydroxyl groups excluding tert-OH is 1. The summed E-state index contributed by atoms with van der Waals surface area (Å²) in [5.41, 5.74) is 0.837. The van der Waals surface area contributed by atoms with E-state index in [4.69, 9.17) is 9.47 Å². The van der Waals surface area contributed by atoms with Gasteiger partial charge in [0.1, 0.15) is 5.75 Å². The molecular weight excluding hydrogens is 328 g/mol. The van der Waals surface area contributed by atoms with Crippen molar-refractivity contribution in [3.8, 4) is 10.9 Å². The summed E-state index contributed by atoms with van der Waals surface area (Å²) < 4.78 is 37.2. The fraction of sp³-hybridized carbons (Fsp3) is 0.308. The van der Waals surface area contributed by atoms with E-state index in [0.29, 0.717) is 23.6 Å². The van der Waals surface area contributed by atoms with E-state index in [1.165, 1.54) is 19.4 Å². The van der Waals surface area contributed by atoms with Gasteiger partial charge >= 0.3 is 0 Å². The van der Waals surface area contributed by atoms with Crippen LogP contribution in [0.25, 0.3) is 0 Å². The summed E-state index contributed by atoms with van der Waals surface area (Å²) in [6.07, 6.45) is 1.23. The van der Waals surface area contributed by atoms with Gasteiger partial charge in [-0.2, -0.15) is 0 Å². The number of aliphatic hydroxyl groups is 1. The molecule has 0 saturated carbocycles. The number of aromatic nitrogens is 1. The summed E-state index contributed by atoms with van der Waals surface area (Å²) in [4.78, 5) is 3.83. The number of hydrogen-bond donors (Lipinski definition) is 2. The molecular formula is C13H16N2O5S2. The van der Waals surface area contributed by atoms with E-state index in [1.54, 1.807) is 12.1 Å². The van der Waals surface area contributed by atoms with Crippen LogP contribution in [0.2, 0.25) is 0 Å². The average Bonchev–Trinajstić information content (AvgIpc) is 2.98. The number of anilines is 1. The largest absolute Gasteiger partial charge is 0.494 e. The number of thiazole rings is 1. The molecule has 0 spiro atoms. The standard InChI is InChI=1S/C13H16N2O5S2/c1-3-20-11-5-4-10(6-9(11)8-16)15-22(17,18)12-7-14-13(19-2)21-12/h4-7,15-16H,3,8H2,1-2H3. The highest BCUT2D eigenvalue weighted by Crippen LogP contribution is 2.28. The lowest BCUT2D eigenvalue weighted by Gasteiger charge is -2.11. The summed E-state index contributed by atoms with van der Waals surface area (Å²) in [7, 11) is -2.33. The van der Waals surface area contributed by atoms with Crippen LogP contribution in [0.15, 0.2) is 28.6 Å². The number of sulfonamides is 1. The summed E-state index contributed by atoms with van der Waals surface area (Å²) in [6.45, 7) is 2.03. The molecule has 0 aliphatic carbocycles. The molecule has 1 aromatic heterocycles. The Morgan fingerprint density at radius 2 is 2.18 bits per heavy atom. The van der Waals surface area contributed by atoms with Crippen molar-refractivity contribution in [1.29, 1.82) is 0 Å². The molecule has 1 heterocycles. The minimum absolute atomic E-state index is 0.0452. The van der Waals surface area contributed by atoms with Crippen molar-refractivity contribution in [2.75, 3.05) is 18.4 Å². The van der Waals surface area contributed by atoms with E-state index in [1.807, 2.05) is 6.92 Å². The SMILES string of the molecule is CCOc1ccc(NS(=O)(=O)c2cnc(OC)s2)cc1CO. The second-order valence-corrected chi connectivity index (χ2v) is 7.07. The summed E-state index contributed by atoms with van der Waals surface area (Å²) in [5.74, 6) is 0.521. The number of ether oxygens (including phenoxy) is 2. The molecule has 0 bridgehead atoms. The van der Waals surface area contributed by atoms with E-state index in [-0.39, 0.29) is 16.0 Å². The molecule has 2 aromatic rings. The highest BCUT2D eigenvalue weighted by atomic mass is 32.2. The maximum Gasteiger partial charge on any atom is 0.274 e. The van der Waals surface area contributed by atoms with E-state index in [2.05, 4.69) is 9.71 Å². The average molecular weight is 344 g/mol. The fourth-order valence-electron chi connectivity index (χ4n) is 1.73. The third-order valence-electron chi connectivity index (χ3n) is 2.69. The van der Waals surface area contributed by atoms with Crippen LogP contribution >= 0.6 is 11.3 Å². The van der Waals surface area contributed by atoms with E-state index in [0.717, 1.165) is 11.3 Å². The topological polar surface area (TPSA) is 97.8 Å². The van der Waals surface area contributed by atoms with Crippen molar-refractivity contribution in [3.05, 3.63) is 30.0 Å². The Labute approximate surface area is 132 Å². The Morgan fingerprint density at radius 1 is 1.41 bits per heavy atom. The molecule has 0 atom stereocenters. The van der Waals surface area contributed by atoms with Crippen LogP contribution in [0.5, 0.6) is 10.9 Å². The smallest absolute Gasteiger partial charge is 0.274 e. The Kier molecular flexibility index (Phi) is 5.22. The van der Waals surface area contributed by atoms with Gasteiger partial charge in [0.25, 0.3) is 15.2 Å². The summed E-state index contributed by atoms with van der Waals surface area (Å²) >= 11 is 0.922. The second kappa shape index (κ2) is 6.95. The third-order valence-corrected chi connectivity index (χ3v) is 5.49. The Balaban J connectivity index is 2.25. The number of rotatable bonds is 7. The van der Waals surface area contributed by atoms with Gasteiger partial charge in [-0.1, -0.05) is 11.3 Å². The van der Waals surface area contributed by atoms with Gasteiger partial charge in [0.05, 0.1) is 26.5 Å². The highest BCUT2D eigenvalue weighted by Gasteiger charge is 2.19. The molecule has 0 amide bonds. The van der Waals surface area contributed by atoms with Crippen molar-refractivity contribution >= 4 is 27.0 Å². The highest BCUT2D eigenvalue weighted by molar-refractivity contribution is 7.94. The number of hydrogen-bond acceptors (Lipinski definition) is 7. The normalized spacial score (nSPS) is 11.2. The zero-order chi connectivity index (χ0) is 16.2. The lowest BCUT2D eigenvalue weighted by molar-refractivity contribution is 0.267. The first-order chi connectivity index (χ1) is 10.5. The first-order valence-corrected chi connectivity index (χ1v) is 8.69. The van der Waals surface area contributed by atoms with Crippen molar-refractivity contribution in [2.24, 2.45) is 0 Å². The number of methoxy groups -OCH3 is 1. The molecule has 0 aliphatic rings. The fourth-order valence-corrected chi connectivity index (χ4v) is 3.70. The third kappa shape index (κ3) is 3.67. The van der Waals surface area contributed by atoms with Crippen LogP contribution in [0.1, 0.15) is 12.5 Å². The van der Waals surface area contributed by atoms with Crippen LogP contribution in [-0.2, 0) is 16.6 Å². The number of benzene rings is 1. The molecule has 7 nitrogen and oxygen atoms in total. The van der Waals surface area contributed by atoms with Crippen LogP contribution < -0.4 is 14.2 Å². The Bertz CT molecular complexity index is 743. The molecule has 9 heteroatoms. The van der Waals surface area contributed by atoms with Crippen LogP contribution in [0.4, 0.5) is 5.69 Å². The lowest BCUT2D eigenvalue weighted by Crippen LogP contribution is -2.12. The number of nitrogens with zero attached hydrogens (tertiary/aromatic N) is 1. The van der Waals surface area contributed by atoms with E-state index >= 15 is 0 Å². The van der Waals surface area contributed by atoms with Gasteiger partial charge in [0.15, 0.2) is 4.21 Å². The van der Waals surface area contributed by atoms with Gasteiger partial charge in [-0.3, -0.25) is 4.72 Å².